The number of halogens is 2. The van der Waals surface area contributed by atoms with Gasteiger partial charge in [-0.25, -0.2) is 9.97 Å². The molecule has 1 heterocycles. The predicted molar refractivity (Wildman–Crippen MR) is 90.0 cm³/mol. The quantitative estimate of drug-likeness (QED) is 0.559. The van der Waals surface area contributed by atoms with Crippen molar-refractivity contribution in [2.45, 2.75) is 46.5 Å². The monoisotopic (exact) mass is 395 g/mol. The Hall–Kier alpha value is 0.0600. The lowest BCUT2D eigenvalue weighted by atomic mass is 9.92. The van der Waals surface area contributed by atoms with Crippen LogP contribution in [0.25, 0.3) is 0 Å². The van der Waals surface area contributed by atoms with E-state index in [-0.39, 0.29) is 5.41 Å². The van der Waals surface area contributed by atoms with Gasteiger partial charge in [0, 0.05) is 18.4 Å². The number of rotatable bonds is 5. The summed E-state index contributed by atoms with van der Waals surface area (Å²) in [4.78, 5) is 11.5. The molecule has 19 heavy (non-hydrogen) atoms. The van der Waals surface area contributed by atoms with Crippen molar-refractivity contribution in [1.82, 2.24) is 14.9 Å². The minimum Gasteiger partial charge on any atom is -0.303 e. The normalized spacial score (nSPS) is 12.2. The van der Waals surface area contributed by atoms with Crippen molar-refractivity contribution in [3.63, 3.8) is 0 Å². The molecule has 1 aromatic heterocycles. The molecule has 0 saturated heterocycles. The van der Waals surface area contributed by atoms with E-state index in [4.69, 9.17) is 16.6 Å². The first-order valence-electron chi connectivity index (χ1n) is 6.74. The van der Waals surface area contributed by atoms with Crippen LogP contribution in [0.4, 0.5) is 0 Å². The SMILES string of the molecule is CCN(CC)CCc1nc(Cl)c(I)c(C(C)(C)C)n1. The highest BCUT2D eigenvalue weighted by atomic mass is 127. The Labute approximate surface area is 135 Å². The molecule has 0 unspecified atom stereocenters. The molecule has 0 N–H and O–H groups in total. The van der Waals surface area contributed by atoms with Gasteiger partial charge in [-0.2, -0.15) is 0 Å². The van der Waals surface area contributed by atoms with E-state index < -0.39 is 0 Å². The van der Waals surface area contributed by atoms with Crippen LogP contribution in [0.2, 0.25) is 5.15 Å². The maximum atomic E-state index is 6.24. The number of hydrogen-bond donors (Lipinski definition) is 0. The van der Waals surface area contributed by atoms with E-state index in [1.54, 1.807) is 0 Å². The van der Waals surface area contributed by atoms with E-state index >= 15 is 0 Å². The lowest BCUT2D eigenvalue weighted by molar-refractivity contribution is 0.305. The van der Waals surface area contributed by atoms with E-state index in [0.717, 1.165) is 41.1 Å². The lowest BCUT2D eigenvalue weighted by Gasteiger charge is -2.21. The average Bonchev–Trinajstić information content (AvgIpc) is 2.33. The van der Waals surface area contributed by atoms with Crippen LogP contribution in [0.5, 0.6) is 0 Å². The van der Waals surface area contributed by atoms with Gasteiger partial charge in [0.25, 0.3) is 0 Å². The highest BCUT2D eigenvalue weighted by Gasteiger charge is 2.22. The number of hydrogen-bond acceptors (Lipinski definition) is 3. The van der Waals surface area contributed by atoms with Crippen LogP contribution in [-0.4, -0.2) is 34.5 Å². The Kier molecular flexibility index (Phi) is 6.47. The number of likely N-dealkylation sites (N-methyl/N-ethyl adjacent to an activating group) is 1. The van der Waals surface area contributed by atoms with E-state index in [9.17, 15) is 0 Å². The summed E-state index contributed by atoms with van der Waals surface area (Å²) in [6, 6.07) is 0. The van der Waals surface area contributed by atoms with Gasteiger partial charge in [0.2, 0.25) is 0 Å². The van der Waals surface area contributed by atoms with Crippen LogP contribution in [-0.2, 0) is 11.8 Å². The first-order valence-corrected chi connectivity index (χ1v) is 8.20. The molecule has 0 saturated carbocycles. The van der Waals surface area contributed by atoms with Gasteiger partial charge in [-0.1, -0.05) is 46.2 Å². The standard InChI is InChI=1S/C14H23ClIN3/c1-6-19(7-2)9-8-10-17-12(14(3,4)5)11(16)13(15)18-10/h6-9H2,1-5H3. The Morgan fingerprint density at radius 1 is 1.16 bits per heavy atom. The summed E-state index contributed by atoms with van der Waals surface area (Å²) in [5.41, 5.74) is 1.04. The minimum atomic E-state index is -0.00689. The van der Waals surface area contributed by atoms with E-state index in [2.05, 4.69) is 67.1 Å². The molecule has 0 amide bonds. The molecule has 0 spiro atoms. The molecular weight excluding hydrogens is 373 g/mol. The third-order valence-corrected chi connectivity index (χ3v) is 4.73. The summed E-state index contributed by atoms with van der Waals surface area (Å²) < 4.78 is 0.971. The van der Waals surface area contributed by atoms with Gasteiger partial charge in [-0.15, -0.1) is 0 Å². The molecule has 0 fully saturated rings. The minimum absolute atomic E-state index is 0.00689. The summed E-state index contributed by atoms with van der Waals surface area (Å²) in [5, 5.41) is 0.579. The van der Waals surface area contributed by atoms with Gasteiger partial charge in [-0.3, -0.25) is 0 Å². The fraction of sp³-hybridized carbons (Fsp3) is 0.714. The molecule has 0 aliphatic heterocycles. The molecule has 0 atom stereocenters. The zero-order chi connectivity index (χ0) is 14.6. The second-order valence-electron chi connectivity index (χ2n) is 5.62. The number of aromatic nitrogens is 2. The summed E-state index contributed by atoms with van der Waals surface area (Å²) in [6.07, 6.45) is 0.849. The van der Waals surface area contributed by atoms with Gasteiger partial charge in [0.05, 0.1) is 9.26 Å². The van der Waals surface area contributed by atoms with Crippen molar-refractivity contribution in [2.75, 3.05) is 19.6 Å². The number of nitrogens with zero attached hydrogens (tertiary/aromatic N) is 3. The van der Waals surface area contributed by atoms with Crippen molar-refractivity contribution in [1.29, 1.82) is 0 Å². The van der Waals surface area contributed by atoms with Crippen LogP contribution >= 0.6 is 34.2 Å². The fourth-order valence-corrected chi connectivity index (χ4v) is 3.11. The second-order valence-corrected chi connectivity index (χ2v) is 7.06. The zero-order valence-electron chi connectivity index (χ0n) is 12.4. The largest absolute Gasteiger partial charge is 0.303 e. The first-order chi connectivity index (χ1) is 8.79. The molecule has 3 nitrogen and oxygen atoms in total. The van der Waals surface area contributed by atoms with Gasteiger partial charge >= 0.3 is 0 Å². The molecule has 108 valence electrons. The van der Waals surface area contributed by atoms with Crippen LogP contribution in [0.15, 0.2) is 0 Å². The maximum absolute atomic E-state index is 6.24. The molecule has 1 aromatic rings. The van der Waals surface area contributed by atoms with E-state index in [1.807, 2.05) is 0 Å². The summed E-state index contributed by atoms with van der Waals surface area (Å²) in [5.74, 6) is 0.849. The van der Waals surface area contributed by atoms with E-state index in [1.165, 1.54) is 0 Å². The average molecular weight is 396 g/mol. The Morgan fingerprint density at radius 2 is 1.74 bits per heavy atom. The lowest BCUT2D eigenvalue weighted by Crippen LogP contribution is -2.26. The Bertz CT molecular complexity index is 425. The van der Waals surface area contributed by atoms with Crippen LogP contribution in [0.3, 0.4) is 0 Å². The molecule has 0 aliphatic rings. The summed E-state index contributed by atoms with van der Waals surface area (Å²) in [6.45, 7) is 13.9. The van der Waals surface area contributed by atoms with Gasteiger partial charge in [0.15, 0.2) is 0 Å². The van der Waals surface area contributed by atoms with Crippen molar-refractivity contribution in [3.05, 3.63) is 20.2 Å². The topological polar surface area (TPSA) is 29.0 Å². The summed E-state index contributed by atoms with van der Waals surface area (Å²) in [7, 11) is 0. The highest BCUT2D eigenvalue weighted by Crippen LogP contribution is 2.29. The fourth-order valence-electron chi connectivity index (χ4n) is 1.87. The Balaban J connectivity index is 2.95. The smallest absolute Gasteiger partial charge is 0.146 e. The van der Waals surface area contributed by atoms with E-state index in [0.29, 0.717) is 5.15 Å². The molecule has 5 heteroatoms. The van der Waals surface area contributed by atoms with Crippen LogP contribution < -0.4 is 0 Å². The van der Waals surface area contributed by atoms with Gasteiger partial charge < -0.3 is 4.90 Å². The predicted octanol–water partition coefficient (Wildman–Crippen LogP) is 3.92. The van der Waals surface area contributed by atoms with Crippen molar-refractivity contribution in [3.8, 4) is 0 Å². The molecule has 0 aliphatic carbocycles. The van der Waals surface area contributed by atoms with Crippen molar-refractivity contribution < 1.29 is 0 Å². The molecule has 0 aromatic carbocycles. The molecule has 1 rings (SSSR count). The first kappa shape index (κ1) is 17.1. The third-order valence-electron chi connectivity index (χ3n) is 3.11. The van der Waals surface area contributed by atoms with Crippen LogP contribution in [0, 0.1) is 3.57 Å². The van der Waals surface area contributed by atoms with Crippen LogP contribution in [0.1, 0.15) is 46.1 Å². The van der Waals surface area contributed by atoms with Crippen molar-refractivity contribution in [2.24, 2.45) is 0 Å². The Morgan fingerprint density at radius 3 is 2.21 bits per heavy atom. The summed E-state index contributed by atoms with van der Waals surface area (Å²) >= 11 is 8.47. The maximum Gasteiger partial charge on any atom is 0.146 e. The second kappa shape index (κ2) is 7.18. The molecule has 0 radical (unpaired) electrons. The zero-order valence-corrected chi connectivity index (χ0v) is 15.3. The molecule has 0 bridgehead atoms. The van der Waals surface area contributed by atoms with Crippen molar-refractivity contribution >= 4 is 34.2 Å². The molecular formula is C14H23ClIN3. The van der Waals surface area contributed by atoms with Gasteiger partial charge in [0.1, 0.15) is 11.0 Å². The highest BCUT2D eigenvalue weighted by molar-refractivity contribution is 14.1. The van der Waals surface area contributed by atoms with Gasteiger partial charge in [-0.05, 0) is 35.7 Å². The third kappa shape index (κ3) is 4.83.